The molecule has 1 aliphatic heterocycles. The van der Waals surface area contributed by atoms with Crippen molar-refractivity contribution in [3.8, 4) is 5.75 Å². The summed E-state index contributed by atoms with van der Waals surface area (Å²) in [4.78, 5) is 25.0. The van der Waals surface area contributed by atoms with Crippen LogP contribution in [-0.4, -0.2) is 36.4 Å². The summed E-state index contributed by atoms with van der Waals surface area (Å²) in [5.74, 6) is -0.477. The molecule has 1 aromatic carbocycles. The predicted octanol–water partition coefficient (Wildman–Crippen LogP) is 2.02. The first-order valence-electron chi connectivity index (χ1n) is 7.50. The smallest absolute Gasteiger partial charge is 0.240 e. The van der Waals surface area contributed by atoms with E-state index in [1.807, 2.05) is 0 Å². The van der Waals surface area contributed by atoms with E-state index in [1.165, 1.54) is 6.07 Å². The number of nitrogens with zero attached hydrogens (tertiary/aromatic N) is 1. The van der Waals surface area contributed by atoms with Crippen LogP contribution in [0.2, 0.25) is 0 Å². The molecule has 0 radical (unpaired) electrons. The van der Waals surface area contributed by atoms with E-state index < -0.39 is 5.82 Å². The van der Waals surface area contributed by atoms with Crippen LogP contribution < -0.4 is 10.1 Å². The molecule has 1 aromatic rings. The highest BCUT2D eigenvalue weighted by Gasteiger charge is 2.23. The molecule has 1 fully saturated rings. The Balaban J connectivity index is 1.93. The van der Waals surface area contributed by atoms with Crippen molar-refractivity contribution < 1.29 is 18.7 Å². The highest BCUT2D eigenvalue weighted by Crippen LogP contribution is 2.22. The standard InChI is InChI=1S/C16H21FN2O3/c1-3-22-14-7-6-12(9-13(14)17)11(2)18-15(20)10-19-8-4-5-16(19)21/h6-7,9,11H,3-5,8,10H2,1-2H3,(H,18,20)/t11-/m0/s1. The Kier molecular flexibility index (Phi) is 5.35. The number of nitrogens with one attached hydrogen (secondary N) is 1. The van der Waals surface area contributed by atoms with Gasteiger partial charge in [-0.05, 0) is 38.0 Å². The number of carbonyl (C=O) groups excluding carboxylic acids is 2. The molecule has 22 heavy (non-hydrogen) atoms. The zero-order chi connectivity index (χ0) is 16.1. The second-order valence-electron chi connectivity index (χ2n) is 5.33. The van der Waals surface area contributed by atoms with E-state index in [9.17, 15) is 14.0 Å². The normalized spacial score (nSPS) is 15.8. The largest absolute Gasteiger partial charge is 0.491 e. The van der Waals surface area contributed by atoms with Crippen LogP contribution in [0.15, 0.2) is 18.2 Å². The number of hydrogen-bond acceptors (Lipinski definition) is 3. The van der Waals surface area contributed by atoms with Crippen molar-refractivity contribution in [2.75, 3.05) is 19.7 Å². The number of ether oxygens (including phenoxy) is 1. The Labute approximate surface area is 129 Å². The number of amides is 2. The van der Waals surface area contributed by atoms with E-state index in [1.54, 1.807) is 30.9 Å². The third-order valence-electron chi connectivity index (χ3n) is 3.64. The first-order valence-corrected chi connectivity index (χ1v) is 7.50. The van der Waals surface area contributed by atoms with Gasteiger partial charge in [-0.25, -0.2) is 4.39 Å². The molecule has 0 aromatic heterocycles. The van der Waals surface area contributed by atoms with Gasteiger partial charge in [0.2, 0.25) is 11.8 Å². The summed E-state index contributed by atoms with van der Waals surface area (Å²) in [6, 6.07) is 4.30. The van der Waals surface area contributed by atoms with Crippen molar-refractivity contribution in [1.29, 1.82) is 0 Å². The van der Waals surface area contributed by atoms with E-state index in [0.717, 1.165) is 6.42 Å². The van der Waals surface area contributed by atoms with Gasteiger partial charge in [-0.1, -0.05) is 6.07 Å². The lowest BCUT2D eigenvalue weighted by Crippen LogP contribution is -2.38. The van der Waals surface area contributed by atoms with Gasteiger partial charge in [0.25, 0.3) is 0 Å². The molecule has 120 valence electrons. The number of halogens is 1. The summed E-state index contributed by atoms with van der Waals surface area (Å²) < 4.78 is 19.0. The van der Waals surface area contributed by atoms with Crippen LogP contribution in [0.4, 0.5) is 4.39 Å². The van der Waals surface area contributed by atoms with Gasteiger partial charge in [0.15, 0.2) is 11.6 Å². The average Bonchev–Trinajstić information content (AvgIpc) is 2.86. The molecule has 0 spiro atoms. The molecule has 0 aliphatic carbocycles. The number of hydrogen-bond donors (Lipinski definition) is 1. The Hall–Kier alpha value is -2.11. The molecule has 1 atom stereocenters. The molecular weight excluding hydrogens is 287 g/mol. The molecule has 6 heteroatoms. The van der Waals surface area contributed by atoms with Gasteiger partial charge in [-0.2, -0.15) is 0 Å². The van der Waals surface area contributed by atoms with Gasteiger partial charge < -0.3 is 15.0 Å². The summed E-state index contributed by atoms with van der Waals surface area (Å²) in [5, 5.41) is 2.78. The van der Waals surface area contributed by atoms with Crippen molar-refractivity contribution in [3.63, 3.8) is 0 Å². The van der Waals surface area contributed by atoms with Gasteiger partial charge in [0.05, 0.1) is 19.2 Å². The number of carbonyl (C=O) groups is 2. The quantitative estimate of drug-likeness (QED) is 0.875. The van der Waals surface area contributed by atoms with Crippen molar-refractivity contribution in [3.05, 3.63) is 29.6 Å². The van der Waals surface area contributed by atoms with E-state index in [4.69, 9.17) is 4.74 Å². The van der Waals surface area contributed by atoms with Gasteiger partial charge in [-0.15, -0.1) is 0 Å². The minimum absolute atomic E-state index is 0.00918. The topological polar surface area (TPSA) is 58.6 Å². The monoisotopic (exact) mass is 308 g/mol. The molecule has 1 N–H and O–H groups in total. The predicted molar refractivity (Wildman–Crippen MR) is 79.9 cm³/mol. The van der Waals surface area contributed by atoms with Crippen molar-refractivity contribution >= 4 is 11.8 Å². The Morgan fingerprint density at radius 1 is 1.50 bits per heavy atom. The van der Waals surface area contributed by atoms with Gasteiger partial charge in [0.1, 0.15) is 0 Å². The number of benzene rings is 1. The van der Waals surface area contributed by atoms with Gasteiger partial charge in [-0.3, -0.25) is 9.59 Å². The Morgan fingerprint density at radius 2 is 2.27 bits per heavy atom. The van der Waals surface area contributed by atoms with Crippen LogP contribution in [0.1, 0.15) is 38.3 Å². The zero-order valence-corrected chi connectivity index (χ0v) is 12.9. The third kappa shape index (κ3) is 3.96. The summed E-state index contributed by atoms with van der Waals surface area (Å²) in [7, 11) is 0. The molecule has 5 nitrogen and oxygen atoms in total. The van der Waals surface area contributed by atoms with Crippen LogP contribution in [0, 0.1) is 5.82 Å². The lowest BCUT2D eigenvalue weighted by atomic mass is 10.1. The lowest BCUT2D eigenvalue weighted by molar-refractivity contribution is -0.133. The zero-order valence-electron chi connectivity index (χ0n) is 12.9. The van der Waals surface area contributed by atoms with Crippen LogP contribution in [-0.2, 0) is 9.59 Å². The average molecular weight is 308 g/mol. The van der Waals surface area contributed by atoms with Crippen LogP contribution in [0.25, 0.3) is 0 Å². The van der Waals surface area contributed by atoms with Crippen molar-refractivity contribution in [2.45, 2.75) is 32.7 Å². The SMILES string of the molecule is CCOc1ccc([C@H](C)NC(=O)CN2CCCC2=O)cc1F. The first kappa shape index (κ1) is 16.3. The van der Waals surface area contributed by atoms with Crippen molar-refractivity contribution in [2.24, 2.45) is 0 Å². The second kappa shape index (κ2) is 7.24. The van der Waals surface area contributed by atoms with Gasteiger partial charge >= 0.3 is 0 Å². The summed E-state index contributed by atoms with van der Waals surface area (Å²) in [6.45, 7) is 4.64. The highest BCUT2D eigenvalue weighted by atomic mass is 19.1. The van der Waals surface area contributed by atoms with Crippen LogP contribution in [0.5, 0.6) is 5.75 Å². The molecule has 1 aliphatic rings. The fourth-order valence-electron chi connectivity index (χ4n) is 2.47. The van der Waals surface area contributed by atoms with Gasteiger partial charge in [0, 0.05) is 13.0 Å². The molecular formula is C16H21FN2O3. The maximum Gasteiger partial charge on any atom is 0.240 e. The minimum atomic E-state index is -0.449. The molecule has 0 bridgehead atoms. The van der Waals surface area contributed by atoms with E-state index in [0.29, 0.717) is 25.1 Å². The Bertz CT molecular complexity index is 562. The summed E-state index contributed by atoms with van der Waals surface area (Å²) in [6.07, 6.45) is 1.30. The summed E-state index contributed by atoms with van der Waals surface area (Å²) in [5.41, 5.74) is 0.655. The van der Waals surface area contributed by atoms with E-state index >= 15 is 0 Å². The molecule has 0 unspecified atom stereocenters. The Morgan fingerprint density at radius 3 is 2.86 bits per heavy atom. The van der Waals surface area contributed by atoms with Crippen molar-refractivity contribution in [1.82, 2.24) is 10.2 Å². The molecule has 1 heterocycles. The fourth-order valence-corrected chi connectivity index (χ4v) is 2.47. The summed E-state index contributed by atoms with van der Waals surface area (Å²) >= 11 is 0. The molecule has 0 saturated carbocycles. The molecule has 2 amide bonds. The first-order chi connectivity index (χ1) is 10.5. The van der Waals surface area contributed by atoms with Crippen LogP contribution in [0.3, 0.4) is 0 Å². The molecule has 1 saturated heterocycles. The van der Waals surface area contributed by atoms with Crippen LogP contribution >= 0.6 is 0 Å². The highest BCUT2D eigenvalue weighted by molar-refractivity contribution is 5.86. The lowest BCUT2D eigenvalue weighted by Gasteiger charge is -2.19. The maximum absolute atomic E-state index is 13.8. The third-order valence-corrected chi connectivity index (χ3v) is 3.64. The maximum atomic E-state index is 13.8. The van der Waals surface area contributed by atoms with E-state index in [-0.39, 0.29) is 30.2 Å². The minimum Gasteiger partial charge on any atom is -0.491 e. The molecule has 2 rings (SSSR count). The van der Waals surface area contributed by atoms with E-state index in [2.05, 4.69) is 5.32 Å². The number of rotatable bonds is 6. The fraction of sp³-hybridized carbons (Fsp3) is 0.500. The second-order valence-corrected chi connectivity index (χ2v) is 5.33. The number of likely N-dealkylation sites (tertiary alicyclic amines) is 1.